The second kappa shape index (κ2) is 37.7. The first-order valence-corrected chi connectivity index (χ1v) is 40.9. The van der Waals surface area contributed by atoms with Crippen molar-refractivity contribution in [1.29, 1.82) is 0 Å². The number of hydrogen-bond acceptors (Lipinski definition) is 24. The Hall–Kier alpha value is -14.4. The summed E-state index contributed by atoms with van der Waals surface area (Å²) in [6.07, 6.45) is 4.21. The molecule has 13 aromatic rings. The van der Waals surface area contributed by atoms with Crippen LogP contribution in [0.3, 0.4) is 0 Å². The summed E-state index contributed by atoms with van der Waals surface area (Å²) in [6, 6.07) is 50.5. The number of nitrogens with one attached hydrogen (secondary N) is 9. The van der Waals surface area contributed by atoms with Gasteiger partial charge in [0.1, 0.15) is 21.9 Å². The molecule has 0 radical (unpaired) electrons. The lowest BCUT2D eigenvalue weighted by Gasteiger charge is -2.29. The van der Waals surface area contributed by atoms with Crippen molar-refractivity contribution in [3.05, 3.63) is 315 Å². The van der Waals surface area contributed by atoms with E-state index < -0.39 is 5.97 Å². The summed E-state index contributed by atoms with van der Waals surface area (Å²) in [4.78, 5) is 126. The summed E-state index contributed by atoms with van der Waals surface area (Å²) in [7, 11) is 0. The summed E-state index contributed by atoms with van der Waals surface area (Å²) in [5, 5.41) is 27.9. The molecule has 5 aromatic heterocycles. The number of carbonyl (C=O) groups is 1. The smallest absolute Gasteiger partial charge is 0.336 e. The van der Waals surface area contributed by atoms with Gasteiger partial charge < -0.3 is 71.2 Å². The van der Waals surface area contributed by atoms with E-state index in [1.165, 1.54) is 35.1 Å². The maximum atomic E-state index is 12.6. The minimum Gasteiger partial charge on any atom is -0.478 e. The quantitative estimate of drug-likeness (QED) is 0.0267. The predicted molar refractivity (Wildman–Crippen MR) is 491 cm³/mol. The van der Waals surface area contributed by atoms with Crippen LogP contribution in [0.2, 0.25) is 0 Å². The van der Waals surface area contributed by atoms with Crippen molar-refractivity contribution in [1.82, 2.24) is 71.1 Å². The van der Waals surface area contributed by atoms with Crippen LogP contribution in [0.25, 0.3) is 37.3 Å². The van der Waals surface area contributed by atoms with Crippen molar-refractivity contribution in [3.63, 3.8) is 0 Å². The zero-order valence-corrected chi connectivity index (χ0v) is 70.1. The lowest BCUT2D eigenvalue weighted by Crippen LogP contribution is -2.43. The molecule has 0 atom stereocenters. The van der Waals surface area contributed by atoms with Gasteiger partial charge in [-0.15, -0.1) is 0 Å². The number of para-hydroxylation sites is 2. The minimum atomic E-state index is -0.949. The van der Waals surface area contributed by atoms with Gasteiger partial charge in [-0.05, 0) is 191 Å². The molecule has 0 unspecified atom stereocenters. The molecule has 10 N–H and O–H groups in total. The van der Waals surface area contributed by atoms with Gasteiger partial charge in [0.05, 0.1) is 74.0 Å². The first-order chi connectivity index (χ1) is 59.3. The molecule has 5 aliphatic rings. The molecular weight excluding hydrogens is 1560 g/mol. The number of carboxylic acid groups (broad SMARTS) is 1. The van der Waals surface area contributed by atoms with Gasteiger partial charge in [0, 0.05) is 90.3 Å². The number of aryl methyl sites for hydroxylation is 8. The Morgan fingerprint density at radius 2 is 0.766 bits per heavy atom. The fraction of sp³-hybridized carbons (Fsp3) is 0.253. The Kier molecular flexibility index (Phi) is 26.2. The molecule has 4 aliphatic heterocycles. The van der Waals surface area contributed by atoms with E-state index in [9.17, 15) is 29.1 Å². The number of fused-ring (bicyclic) bond motifs is 9. The molecule has 0 saturated heterocycles. The highest BCUT2D eigenvalue weighted by Gasteiger charge is 2.30. The number of aromatic amines is 4. The minimum absolute atomic E-state index is 0. The van der Waals surface area contributed by atoms with Crippen LogP contribution in [0.5, 0.6) is 0 Å². The van der Waals surface area contributed by atoms with Crippen LogP contribution < -0.4 is 112 Å². The number of hydrogen-bond donors (Lipinski definition) is 10. The van der Waals surface area contributed by atoms with E-state index in [0.717, 1.165) is 127 Å². The Labute approximate surface area is 715 Å². The molecule has 632 valence electrons. The molecule has 18 rings (SSSR count). The SMILES string of the molecule is C.C=c1nc2c(c(=O)[nH]1)=Nc1cc(C)c(C)cc1N2CCNCc1ccc(C)cc1.C=c1nc2c(c(=O)[nH]1)=Nc1cc(C)c(C)cc1N2CCNCc1ccccc1C(=O)O.C=c1nc2c(c(=O)[nH]1)=Nc1cc(C)c(C)cc1N2CCNCc1cnc2ccccc2n1.C=c1nc2c(c(=O)[nH]1)=Nc1cc(C)c(NC3CC3)cc1N2CCNCc1ccccc1. The van der Waals surface area contributed by atoms with E-state index in [0.29, 0.717) is 120 Å². The highest BCUT2D eigenvalue weighted by atomic mass is 16.4. The third kappa shape index (κ3) is 19.6. The maximum absolute atomic E-state index is 12.6. The van der Waals surface area contributed by atoms with E-state index in [-0.39, 0.29) is 46.1 Å². The molecule has 1 saturated carbocycles. The van der Waals surface area contributed by atoms with Crippen molar-refractivity contribution < 1.29 is 9.90 Å². The molecule has 124 heavy (non-hydrogen) atoms. The van der Waals surface area contributed by atoms with E-state index in [1.807, 2.05) is 109 Å². The molecule has 0 spiro atoms. The third-order valence-corrected chi connectivity index (χ3v) is 21.9. The van der Waals surface area contributed by atoms with Gasteiger partial charge in [0.2, 0.25) is 0 Å². The number of carboxylic acids is 1. The molecule has 29 heteroatoms. The second-order valence-electron chi connectivity index (χ2n) is 31.1. The van der Waals surface area contributed by atoms with E-state index in [4.69, 9.17) is 0 Å². The highest BCUT2D eigenvalue weighted by Crippen LogP contribution is 2.42. The van der Waals surface area contributed by atoms with Gasteiger partial charge in [-0.2, -0.15) is 0 Å². The van der Waals surface area contributed by atoms with Crippen LogP contribution in [0.15, 0.2) is 197 Å². The number of aromatic nitrogens is 10. The Balaban J connectivity index is 0.000000134. The molecule has 8 aromatic carbocycles. The Morgan fingerprint density at radius 3 is 1.19 bits per heavy atom. The van der Waals surface area contributed by atoms with Crippen LogP contribution in [0.4, 0.5) is 74.5 Å². The largest absolute Gasteiger partial charge is 0.478 e. The number of anilines is 9. The molecular formula is C95H101N23O6. The third-order valence-electron chi connectivity index (χ3n) is 21.9. The first kappa shape index (κ1) is 86.0. The molecule has 0 bridgehead atoms. The van der Waals surface area contributed by atoms with Gasteiger partial charge in [-0.3, -0.25) is 24.2 Å². The van der Waals surface area contributed by atoms with Crippen LogP contribution in [0.1, 0.15) is 97.5 Å². The van der Waals surface area contributed by atoms with Crippen LogP contribution in [0, 0.1) is 55.4 Å². The highest BCUT2D eigenvalue weighted by molar-refractivity contribution is 5.89. The van der Waals surface area contributed by atoms with Gasteiger partial charge in [0.25, 0.3) is 22.2 Å². The van der Waals surface area contributed by atoms with Crippen LogP contribution in [-0.4, -0.2) is 119 Å². The summed E-state index contributed by atoms with van der Waals surface area (Å²) >= 11 is 0. The summed E-state index contributed by atoms with van der Waals surface area (Å²) in [6.45, 7) is 39.3. The normalized spacial score (nSPS) is 12.7. The van der Waals surface area contributed by atoms with Crippen molar-refractivity contribution in [2.45, 2.75) is 108 Å². The molecule has 1 aliphatic carbocycles. The van der Waals surface area contributed by atoms with Gasteiger partial charge in [-0.25, -0.2) is 49.7 Å². The van der Waals surface area contributed by atoms with E-state index >= 15 is 0 Å². The average molecular weight is 1660 g/mol. The lowest BCUT2D eigenvalue weighted by atomic mass is 10.1. The zero-order chi connectivity index (χ0) is 86.3. The summed E-state index contributed by atoms with van der Waals surface area (Å²) in [5.74, 6) is 1.17. The fourth-order valence-corrected chi connectivity index (χ4v) is 14.8. The molecule has 29 nitrogen and oxygen atoms in total. The number of benzene rings is 8. The van der Waals surface area contributed by atoms with Crippen LogP contribution in [-0.2, 0) is 26.2 Å². The number of aromatic carboxylic acids is 1. The van der Waals surface area contributed by atoms with Crippen molar-refractivity contribution in [3.8, 4) is 0 Å². The van der Waals surface area contributed by atoms with Crippen molar-refractivity contribution in [2.75, 3.05) is 77.3 Å². The second-order valence-corrected chi connectivity index (χ2v) is 31.1. The number of H-pyrrole nitrogens is 4. The van der Waals surface area contributed by atoms with Crippen LogP contribution >= 0.6 is 0 Å². The molecule has 1 fully saturated rings. The lowest BCUT2D eigenvalue weighted by molar-refractivity contribution is 0.0695. The monoisotopic (exact) mass is 1660 g/mol. The molecule has 9 heterocycles. The molecule has 0 amide bonds. The topological polar surface area (TPSA) is 369 Å². The van der Waals surface area contributed by atoms with E-state index in [2.05, 4.69) is 222 Å². The first-order valence-electron chi connectivity index (χ1n) is 40.9. The summed E-state index contributed by atoms with van der Waals surface area (Å²) < 4.78 is 0. The van der Waals surface area contributed by atoms with Gasteiger partial charge >= 0.3 is 5.97 Å². The van der Waals surface area contributed by atoms with Crippen molar-refractivity contribution in [2.24, 2.45) is 20.0 Å². The average Bonchev–Trinajstić information content (AvgIpc) is 0.776. The fourth-order valence-electron chi connectivity index (χ4n) is 14.8. The predicted octanol–water partition coefficient (Wildman–Crippen LogP) is 8.81. The maximum Gasteiger partial charge on any atom is 0.336 e. The standard InChI is InChI=1S/C24H23N7O.C24H26N6O.C23H23N5O3.C23H25N5O.CH4/c1-14-10-20-21(11-15(14)2)31(23-22(30-20)24(32)28-16(3)27-23)9-8-25-12-17-13-26-18-6-4-5-7-19(18)29-17;1-15-12-20-21(13-19(15)28-18-8-9-18)30(11-10-25-14-17-6-4-3-5-7-17)23-22(29-20)24(31)27-16(2)26-23;1-13-10-18-19(11-14(13)2)28(21-20(27-18)22(29)26-15(3)25-21)9-8-24-12-16-6-4-5-7-17(16)23(30)31;1-14-5-7-18(8-6-14)13-24-9-10-28-20-12-16(3)15(2)11-19(20)27-21-22(28)25-17(4)26-23(21)29;/h4-7,10-11,13,25H,3,8-9,12H2,1-2H3,(H,28,32);3-7,12-13,18,25,28H,2,8-11,14H2,1H3,(H,27,31);4-7,10-11,24H,3,8-9,12H2,1-2H3,(H,26,29)(H,30,31);5-8,11-12,24H,4,9-10,13H2,1-3H3,(H,26,29);1H4. The number of nitrogens with zero attached hydrogens (tertiary/aromatic N) is 14. The Bertz CT molecular complexity index is 7040. The summed E-state index contributed by atoms with van der Waals surface area (Å²) in [5.41, 5.74) is 23.4. The van der Waals surface area contributed by atoms with Gasteiger partial charge in [-0.1, -0.05) is 124 Å². The number of rotatable bonds is 23. The Morgan fingerprint density at radius 1 is 0.411 bits per heavy atom. The van der Waals surface area contributed by atoms with E-state index in [1.54, 1.807) is 24.4 Å². The van der Waals surface area contributed by atoms with Crippen molar-refractivity contribution >= 4 is 118 Å². The zero-order valence-electron chi connectivity index (χ0n) is 70.1. The van der Waals surface area contributed by atoms with Gasteiger partial charge in [0.15, 0.2) is 44.7 Å².